The Hall–Kier alpha value is -1.26. The number of hydrogen-bond acceptors (Lipinski definition) is 3. The first-order valence-corrected chi connectivity index (χ1v) is 7.52. The van der Waals surface area contributed by atoms with Crippen molar-refractivity contribution in [1.29, 1.82) is 0 Å². The lowest BCUT2D eigenvalue weighted by molar-refractivity contribution is 0.0485. The lowest BCUT2D eigenvalue weighted by Crippen LogP contribution is -2.22. The third-order valence-corrected chi connectivity index (χ3v) is 4.09. The lowest BCUT2D eigenvalue weighted by Gasteiger charge is -2.23. The minimum Gasteiger partial charge on any atom is -0.497 e. The molecule has 20 heavy (non-hydrogen) atoms. The minimum absolute atomic E-state index is 0.421. The Morgan fingerprint density at radius 2 is 2.40 bits per heavy atom. The molecule has 0 bridgehead atoms. The Balaban J connectivity index is 1.94. The van der Waals surface area contributed by atoms with Crippen molar-refractivity contribution in [3.05, 3.63) is 24.0 Å². The third kappa shape index (κ3) is 2.63. The van der Waals surface area contributed by atoms with E-state index in [1.165, 1.54) is 6.42 Å². The van der Waals surface area contributed by atoms with Gasteiger partial charge in [-0.15, -0.1) is 11.6 Å². The van der Waals surface area contributed by atoms with Gasteiger partial charge in [-0.25, -0.2) is 4.98 Å². The van der Waals surface area contributed by atoms with Crippen molar-refractivity contribution < 1.29 is 9.47 Å². The molecule has 0 amide bonds. The van der Waals surface area contributed by atoms with E-state index in [9.17, 15) is 0 Å². The molecule has 0 saturated carbocycles. The minimum atomic E-state index is 0.421. The smallest absolute Gasteiger partial charge is 0.124 e. The van der Waals surface area contributed by atoms with E-state index in [0.717, 1.165) is 48.8 Å². The maximum atomic E-state index is 6.05. The predicted octanol–water partition coefficient (Wildman–Crippen LogP) is 3.21. The van der Waals surface area contributed by atoms with Crippen molar-refractivity contribution in [3.63, 3.8) is 0 Å². The van der Waals surface area contributed by atoms with Crippen LogP contribution in [0.1, 0.15) is 18.7 Å². The highest BCUT2D eigenvalue weighted by Gasteiger charge is 2.18. The fraction of sp³-hybridized carbons (Fsp3) is 0.533. The molecule has 108 valence electrons. The number of rotatable bonds is 4. The van der Waals surface area contributed by atoms with Crippen molar-refractivity contribution in [3.8, 4) is 5.75 Å². The van der Waals surface area contributed by atoms with Gasteiger partial charge in [-0.05, 0) is 25.0 Å². The topological polar surface area (TPSA) is 36.3 Å². The first-order valence-electron chi connectivity index (χ1n) is 6.98. The Kier molecular flexibility index (Phi) is 4.13. The number of methoxy groups -OCH3 is 1. The average molecular weight is 295 g/mol. The van der Waals surface area contributed by atoms with Gasteiger partial charge in [-0.1, -0.05) is 0 Å². The summed E-state index contributed by atoms with van der Waals surface area (Å²) < 4.78 is 13.0. The van der Waals surface area contributed by atoms with E-state index in [1.807, 2.05) is 12.1 Å². The molecule has 0 radical (unpaired) electrons. The molecule has 1 aromatic carbocycles. The van der Waals surface area contributed by atoms with Crippen molar-refractivity contribution >= 4 is 22.6 Å². The molecule has 3 rings (SSSR count). The van der Waals surface area contributed by atoms with Gasteiger partial charge in [0.05, 0.1) is 30.6 Å². The molecular weight excluding hydrogens is 276 g/mol. The number of ether oxygens (including phenoxy) is 2. The monoisotopic (exact) mass is 294 g/mol. The molecule has 1 saturated heterocycles. The highest BCUT2D eigenvalue weighted by molar-refractivity contribution is 6.16. The summed E-state index contributed by atoms with van der Waals surface area (Å²) in [5.74, 6) is 2.71. The van der Waals surface area contributed by atoms with E-state index in [4.69, 9.17) is 21.1 Å². The summed E-state index contributed by atoms with van der Waals surface area (Å²) in [6, 6.07) is 5.98. The highest BCUT2D eigenvalue weighted by Crippen LogP contribution is 2.25. The van der Waals surface area contributed by atoms with Gasteiger partial charge >= 0.3 is 0 Å². The summed E-state index contributed by atoms with van der Waals surface area (Å²) in [6.45, 7) is 2.64. The van der Waals surface area contributed by atoms with E-state index in [-0.39, 0.29) is 0 Å². The Bertz CT molecular complexity index is 591. The van der Waals surface area contributed by atoms with Crippen molar-refractivity contribution in [2.75, 3.05) is 20.3 Å². The van der Waals surface area contributed by atoms with E-state index in [0.29, 0.717) is 11.8 Å². The number of benzene rings is 1. The Morgan fingerprint density at radius 1 is 1.50 bits per heavy atom. The van der Waals surface area contributed by atoms with E-state index in [2.05, 4.69) is 15.6 Å². The fourth-order valence-corrected chi connectivity index (χ4v) is 3.01. The van der Waals surface area contributed by atoms with Crippen LogP contribution in [0.2, 0.25) is 0 Å². The molecule has 1 unspecified atom stereocenters. The van der Waals surface area contributed by atoms with Gasteiger partial charge < -0.3 is 14.0 Å². The number of imidazole rings is 1. The summed E-state index contributed by atoms with van der Waals surface area (Å²) in [7, 11) is 1.67. The number of halogens is 1. The van der Waals surface area contributed by atoms with E-state index in [1.54, 1.807) is 7.11 Å². The summed E-state index contributed by atoms with van der Waals surface area (Å²) in [5.41, 5.74) is 2.06. The number of hydrogen-bond donors (Lipinski definition) is 0. The lowest BCUT2D eigenvalue weighted by atomic mass is 10.0. The van der Waals surface area contributed by atoms with Gasteiger partial charge in [0.15, 0.2) is 0 Å². The largest absolute Gasteiger partial charge is 0.497 e. The standard InChI is InChI=1S/C15H19ClN2O2/c1-19-12-4-5-14-13(7-12)17-15(8-16)18(14)9-11-3-2-6-20-10-11/h4-5,7,11H,2-3,6,8-10H2,1H3. The van der Waals surface area contributed by atoms with Gasteiger partial charge in [0.25, 0.3) is 0 Å². The zero-order valence-electron chi connectivity index (χ0n) is 11.6. The number of nitrogens with zero attached hydrogens (tertiary/aromatic N) is 2. The summed E-state index contributed by atoms with van der Waals surface area (Å²) in [5, 5.41) is 0. The van der Waals surface area contributed by atoms with Gasteiger partial charge in [0, 0.05) is 25.1 Å². The maximum absolute atomic E-state index is 6.05. The van der Waals surface area contributed by atoms with Crippen LogP contribution in [0.15, 0.2) is 18.2 Å². The predicted molar refractivity (Wildman–Crippen MR) is 79.4 cm³/mol. The highest BCUT2D eigenvalue weighted by atomic mass is 35.5. The van der Waals surface area contributed by atoms with Crippen LogP contribution in [0.5, 0.6) is 5.75 Å². The molecule has 4 nitrogen and oxygen atoms in total. The number of aromatic nitrogens is 2. The average Bonchev–Trinajstić information content (AvgIpc) is 2.85. The molecule has 1 fully saturated rings. The van der Waals surface area contributed by atoms with Crippen LogP contribution in [-0.4, -0.2) is 29.9 Å². The van der Waals surface area contributed by atoms with Crippen LogP contribution in [-0.2, 0) is 17.2 Å². The van der Waals surface area contributed by atoms with Crippen LogP contribution in [0.4, 0.5) is 0 Å². The first kappa shape index (κ1) is 13.7. The second-order valence-corrected chi connectivity index (χ2v) is 5.48. The summed E-state index contributed by atoms with van der Waals surface area (Å²) in [4.78, 5) is 4.62. The molecule has 0 spiro atoms. The van der Waals surface area contributed by atoms with Crippen LogP contribution >= 0.6 is 11.6 Å². The second kappa shape index (κ2) is 6.02. The van der Waals surface area contributed by atoms with Crippen LogP contribution in [0, 0.1) is 5.92 Å². The summed E-state index contributed by atoms with van der Waals surface area (Å²) >= 11 is 6.05. The Labute approximate surface area is 123 Å². The fourth-order valence-electron chi connectivity index (χ4n) is 2.80. The second-order valence-electron chi connectivity index (χ2n) is 5.21. The molecule has 0 N–H and O–H groups in total. The maximum Gasteiger partial charge on any atom is 0.124 e. The zero-order valence-corrected chi connectivity index (χ0v) is 12.4. The quantitative estimate of drug-likeness (QED) is 0.813. The van der Waals surface area contributed by atoms with E-state index >= 15 is 0 Å². The molecule has 5 heteroatoms. The van der Waals surface area contributed by atoms with Gasteiger partial charge in [-0.2, -0.15) is 0 Å². The van der Waals surface area contributed by atoms with Gasteiger partial charge in [-0.3, -0.25) is 0 Å². The molecule has 2 aromatic rings. The van der Waals surface area contributed by atoms with Crippen molar-refractivity contribution in [2.45, 2.75) is 25.3 Å². The molecule has 1 atom stereocenters. The first-order chi connectivity index (χ1) is 9.81. The summed E-state index contributed by atoms with van der Waals surface area (Å²) in [6.07, 6.45) is 2.35. The van der Waals surface area contributed by atoms with Gasteiger partial charge in [0.2, 0.25) is 0 Å². The number of alkyl halides is 1. The normalized spacial score (nSPS) is 19.4. The van der Waals surface area contributed by atoms with Crippen LogP contribution in [0.25, 0.3) is 11.0 Å². The van der Waals surface area contributed by atoms with Gasteiger partial charge in [0.1, 0.15) is 11.6 Å². The molecule has 0 aliphatic carbocycles. The molecule has 1 aliphatic rings. The molecule has 1 aromatic heterocycles. The number of fused-ring (bicyclic) bond motifs is 1. The SMILES string of the molecule is COc1ccc2c(c1)nc(CCl)n2CC1CCCOC1. The van der Waals surface area contributed by atoms with Crippen molar-refractivity contribution in [2.24, 2.45) is 5.92 Å². The zero-order chi connectivity index (χ0) is 13.9. The molecular formula is C15H19ClN2O2. The Morgan fingerprint density at radius 3 is 3.10 bits per heavy atom. The van der Waals surface area contributed by atoms with E-state index < -0.39 is 0 Å². The third-order valence-electron chi connectivity index (χ3n) is 3.85. The molecule has 1 aliphatic heterocycles. The van der Waals surface area contributed by atoms with Crippen molar-refractivity contribution in [1.82, 2.24) is 9.55 Å². The molecule has 2 heterocycles. The van der Waals surface area contributed by atoms with Crippen LogP contribution in [0.3, 0.4) is 0 Å². The van der Waals surface area contributed by atoms with Crippen LogP contribution < -0.4 is 4.74 Å².